The summed E-state index contributed by atoms with van der Waals surface area (Å²) in [5, 5.41) is 13.0. The van der Waals surface area contributed by atoms with Crippen molar-refractivity contribution in [3.63, 3.8) is 0 Å². The lowest BCUT2D eigenvalue weighted by molar-refractivity contribution is 0.576. The van der Waals surface area contributed by atoms with Crippen molar-refractivity contribution < 1.29 is 0 Å². The van der Waals surface area contributed by atoms with Crippen LogP contribution in [0.15, 0.2) is 79.1 Å². The highest BCUT2D eigenvalue weighted by atomic mass is 15.5. The third-order valence-electron chi connectivity index (χ3n) is 4.52. The van der Waals surface area contributed by atoms with Gasteiger partial charge in [0.1, 0.15) is 11.4 Å². The van der Waals surface area contributed by atoms with E-state index in [1.807, 2.05) is 30.5 Å². The molecule has 2 aromatic carbocycles. The Morgan fingerprint density at radius 3 is 2.50 bits per heavy atom. The molecular formula is C23H23N5. The maximum Gasteiger partial charge on any atom is 0.117 e. The minimum Gasteiger partial charge on any atom is -0.307 e. The number of aromatic nitrogens is 4. The predicted octanol–water partition coefficient (Wildman–Crippen LogP) is 3.99. The molecule has 5 nitrogen and oxygen atoms in total. The van der Waals surface area contributed by atoms with Gasteiger partial charge >= 0.3 is 0 Å². The molecule has 0 aliphatic rings. The van der Waals surface area contributed by atoms with E-state index in [1.165, 1.54) is 11.1 Å². The summed E-state index contributed by atoms with van der Waals surface area (Å²) in [4.78, 5) is 5.95. The summed E-state index contributed by atoms with van der Waals surface area (Å²) in [5.74, 6) is 0. The summed E-state index contributed by atoms with van der Waals surface area (Å²) >= 11 is 0. The topological polar surface area (TPSA) is 55.6 Å². The zero-order valence-corrected chi connectivity index (χ0v) is 15.9. The largest absolute Gasteiger partial charge is 0.307 e. The molecule has 0 unspecified atom stereocenters. The molecule has 4 aromatic rings. The van der Waals surface area contributed by atoms with Crippen molar-refractivity contribution in [2.75, 3.05) is 0 Å². The third-order valence-corrected chi connectivity index (χ3v) is 4.52. The fraction of sp³-hybridized carbons (Fsp3) is 0.174. The van der Waals surface area contributed by atoms with Gasteiger partial charge in [-0.2, -0.15) is 15.0 Å². The average Bonchev–Trinajstić information content (AvgIpc) is 3.12. The molecule has 4 rings (SSSR count). The second-order valence-corrected chi connectivity index (χ2v) is 6.85. The monoisotopic (exact) mass is 369 g/mol. The number of aryl methyl sites for hydroxylation is 1. The van der Waals surface area contributed by atoms with Gasteiger partial charge in [0, 0.05) is 31.0 Å². The van der Waals surface area contributed by atoms with Gasteiger partial charge in [0.25, 0.3) is 0 Å². The van der Waals surface area contributed by atoms with Gasteiger partial charge in [-0.1, -0.05) is 66.2 Å². The van der Waals surface area contributed by atoms with E-state index >= 15 is 0 Å². The Hall–Kier alpha value is -3.31. The van der Waals surface area contributed by atoms with Crippen LogP contribution < -0.4 is 5.32 Å². The van der Waals surface area contributed by atoms with Crippen LogP contribution in [0.3, 0.4) is 0 Å². The highest BCUT2D eigenvalue weighted by Crippen LogP contribution is 2.20. The standard InChI is InChI=1S/C23H23N5/c1-18-7-5-8-19(13-18)17-28-26-22(16-25-15-20-9-6-12-24-14-20)23(27-28)21-10-3-2-4-11-21/h2-14,25H,15-17H2,1H3. The van der Waals surface area contributed by atoms with Crippen molar-refractivity contribution in [1.82, 2.24) is 25.3 Å². The number of pyridine rings is 1. The van der Waals surface area contributed by atoms with Crippen molar-refractivity contribution in [3.05, 3.63) is 102 Å². The predicted molar refractivity (Wildman–Crippen MR) is 111 cm³/mol. The molecule has 0 aliphatic heterocycles. The average molecular weight is 369 g/mol. The highest BCUT2D eigenvalue weighted by Gasteiger charge is 2.13. The molecule has 28 heavy (non-hydrogen) atoms. The van der Waals surface area contributed by atoms with Crippen LogP contribution >= 0.6 is 0 Å². The zero-order valence-electron chi connectivity index (χ0n) is 15.9. The molecule has 2 aromatic heterocycles. The Morgan fingerprint density at radius 2 is 1.71 bits per heavy atom. The number of nitrogens with one attached hydrogen (secondary N) is 1. The first-order chi connectivity index (χ1) is 13.8. The van der Waals surface area contributed by atoms with Gasteiger partial charge in [0.05, 0.1) is 6.54 Å². The molecule has 0 bridgehead atoms. The molecule has 2 heterocycles. The quantitative estimate of drug-likeness (QED) is 0.535. The molecular weight excluding hydrogens is 346 g/mol. The van der Waals surface area contributed by atoms with Gasteiger partial charge in [0.15, 0.2) is 0 Å². The Morgan fingerprint density at radius 1 is 0.857 bits per heavy atom. The van der Waals surface area contributed by atoms with Crippen molar-refractivity contribution in [2.45, 2.75) is 26.6 Å². The van der Waals surface area contributed by atoms with E-state index in [0.29, 0.717) is 13.1 Å². The van der Waals surface area contributed by atoms with E-state index < -0.39 is 0 Å². The summed E-state index contributed by atoms with van der Waals surface area (Å²) in [7, 11) is 0. The Bertz CT molecular complexity index is 1030. The second kappa shape index (κ2) is 8.59. The van der Waals surface area contributed by atoms with Crippen LogP contribution in [0.5, 0.6) is 0 Å². The van der Waals surface area contributed by atoms with Gasteiger partial charge in [-0.3, -0.25) is 4.98 Å². The van der Waals surface area contributed by atoms with E-state index in [2.05, 4.69) is 59.7 Å². The lowest BCUT2D eigenvalue weighted by Gasteiger charge is -2.04. The molecule has 0 amide bonds. The smallest absolute Gasteiger partial charge is 0.117 e. The van der Waals surface area contributed by atoms with Crippen molar-refractivity contribution in [3.8, 4) is 11.3 Å². The van der Waals surface area contributed by atoms with E-state index in [1.54, 1.807) is 11.0 Å². The summed E-state index contributed by atoms with van der Waals surface area (Å²) in [6.07, 6.45) is 3.66. The van der Waals surface area contributed by atoms with E-state index in [0.717, 1.165) is 29.1 Å². The first kappa shape index (κ1) is 18.1. The van der Waals surface area contributed by atoms with Crippen LogP contribution in [-0.4, -0.2) is 20.0 Å². The minimum atomic E-state index is 0.646. The number of benzene rings is 2. The van der Waals surface area contributed by atoms with E-state index in [-0.39, 0.29) is 0 Å². The molecule has 0 fully saturated rings. The zero-order chi connectivity index (χ0) is 19.2. The number of hydrogen-bond acceptors (Lipinski definition) is 4. The summed E-state index contributed by atoms with van der Waals surface area (Å²) in [6.45, 7) is 4.15. The number of hydrogen-bond donors (Lipinski definition) is 1. The second-order valence-electron chi connectivity index (χ2n) is 6.85. The molecule has 0 aliphatic carbocycles. The van der Waals surface area contributed by atoms with Crippen molar-refractivity contribution >= 4 is 0 Å². The first-order valence-electron chi connectivity index (χ1n) is 9.42. The summed E-state index contributed by atoms with van der Waals surface area (Å²) in [6, 6.07) is 22.7. The number of rotatable bonds is 7. The van der Waals surface area contributed by atoms with Crippen molar-refractivity contribution in [2.24, 2.45) is 0 Å². The Labute approximate surface area is 165 Å². The fourth-order valence-corrected chi connectivity index (χ4v) is 3.19. The molecule has 1 N–H and O–H groups in total. The molecule has 0 saturated carbocycles. The highest BCUT2D eigenvalue weighted by molar-refractivity contribution is 5.60. The van der Waals surface area contributed by atoms with Gasteiger partial charge < -0.3 is 5.32 Å². The lowest BCUT2D eigenvalue weighted by atomic mass is 10.1. The van der Waals surface area contributed by atoms with Crippen LogP contribution in [0.2, 0.25) is 0 Å². The molecule has 0 atom stereocenters. The molecule has 140 valence electrons. The number of nitrogens with zero attached hydrogens (tertiary/aromatic N) is 4. The maximum atomic E-state index is 4.78. The molecule has 0 radical (unpaired) electrons. The summed E-state index contributed by atoms with van der Waals surface area (Å²) < 4.78 is 0. The van der Waals surface area contributed by atoms with E-state index in [4.69, 9.17) is 10.2 Å². The minimum absolute atomic E-state index is 0.646. The molecule has 0 spiro atoms. The fourth-order valence-electron chi connectivity index (χ4n) is 3.19. The van der Waals surface area contributed by atoms with Gasteiger partial charge in [0.2, 0.25) is 0 Å². The molecule has 5 heteroatoms. The molecule has 0 saturated heterocycles. The van der Waals surface area contributed by atoms with Crippen molar-refractivity contribution in [1.29, 1.82) is 0 Å². The van der Waals surface area contributed by atoms with Gasteiger partial charge in [-0.15, -0.1) is 0 Å². The Balaban J connectivity index is 1.55. The van der Waals surface area contributed by atoms with Gasteiger partial charge in [-0.25, -0.2) is 0 Å². The SMILES string of the molecule is Cc1cccc(Cn2nc(CNCc3cccnc3)c(-c3ccccc3)n2)c1. The van der Waals surface area contributed by atoms with E-state index in [9.17, 15) is 0 Å². The lowest BCUT2D eigenvalue weighted by Crippen LogP contribution is -2.14. The van der Waals surface area contributed by atoms with Crippen LogP contribution in [0.1, 0.15) is 22.4 Å². The summed E-state index contributed by atoms with van der Waals surface area (Å²) in [5.41, 5.74) is 6.54. The van der Waals surface area contributed by atoms with Crippen LogP contribution in [0, 0.1) is 6.92 Å². The van der Waals surface area contributed by atoms with Crippen LogP contribution in [0.4, 0.5) is 0 Å². The first-order valence-corrected chi connectivity index (χ1v) is 9.42. The van der Waals surface area contributed by atoms with Crippen LogP contribution in [0.25, 0.3) is 11.3 Å². The maximum absolute atomic E-state index is 4.78. The third kappa shape index (κ3) is 4.50. The van der Waals surface area contributed by atoms with Crippen LogP contribution in [-0.2, 0) is 19.6 Å². The van der Waals surface area contributed by atoms with Gasteiger partial charge in [-0.05, 0) is 24.1 Å². The normalized spacial score (nSPS) is 10.9. The Kier molecular flexibility index (Phi) is 5.54.